The van der Waals surface area contributed by atoms with E-state index >= 15 is 0 Å². The molecule has 1 fully saturated rings. The highest BCUT2D eigenvalue weighted by atomic mass is 16.5. The van der Waals surface area contributed by atoms with Gasteiger partial charge in [0.15, 0.2) is 11.5 Å². The fourth-order valence-corrected chi connectivity index (χ4v) is 3.24. The predicted octanol–water partition coefficient (Wildman–Crippen LogP) is 4.33. The van der Waals surface area contributed by atoms with E-state index in [1.54, 1.807) is 25.3 Å². The Balaban J connectivity index is 2.16. The number of rotatable bonds is 7. The zero-order chi connectivity index (χ0) is 19.8. The van der Waals surface area contributed by atoms with E-state index < -0.39 is 0 Å². The number of benzene rings is 1. The Hall–Kier alpha value is -2.48. The van der Waals surface area contributed by atoms with Crippen LogP contribution < -0.4 is 14.8 Å². The summed E-state index contributed by atoms with van der Waals surface area (Å²) >= 11 is 0. The van der Waals surface area contributed by atoms with Crippen LogP contribution in [0.15, 0.2) is 23.8 Å². The summed E-state index contributed by atoms with van der Waals surface area (Å²) in [5, 5.41) is 12.5. The molecule has 1 aliphatic carbocycles. The second kappa shape index (κ2) is 10.0. The Morgan fingerprint density at radius 2 is 2.07 bits per heavy atom. The van der Waals surface area contributed by atoms with Crippen LogP contribution in [0.4, 0.5) is 0 Å². The molecule has 146 valence electrons. The van der Waals surface area contributed by atoms with Gasteiger partial charge in [-0.05, 0) is 48.4 Å². The lowest BCUT2D eigenvalue weighted by Crippen LogP contribution is -2.41. The summed E-state index contributed by atoms with van der Waals surface area (Å²) in [4.78, 5) is 12.6. The molecule has 1 saturated carbocycles. The highest BCUT2D eigenvalue weighted by molar-refractivity contribution is 6.01. The number of nitrogens with one attached hydrogen (secondary N) is 1. The Bertz CT molecular complexity index is 719. The highest BCUT2D eigenvalue weighted by Gasteiger charge is 2.24. The molecule has 0 bridgehead atoms. The number of carbonyl (C=O) groups excluding carboxylic acids is 1. The first kappa shape index (κ1) is 20.8. The summed E-state index contributed by atoms with van der Waals surface area (Å²) in [7, 11) is 1.59. The van der Waals surface area contributed by atoms with E-state index in [4.69, 9.17) is 9.47 Å². The summed E-state index contributed by atoms with van der Waals surface area (Å²) in [6.07, 6.45) is 6.02. The molecular weight excluding hydrogens is 340 g/mol. The van der Waals surface area contributed by atoms with Gasteiger partial charge in [0.25, 0.3) is 5.91 Å². The van der Waals surface area contributed by atoms with Gasteiger partial charge in [-0.25, -0.2) is 0 Å². The maximum atomic E-state index is 12.6. The Morgan fingerprint density at radius 1 is 1.33 bits per heavy atom. The van der Waals surface area contributed by atoms with Gasteiger partial charge in [-0.3, -0.25) is 4.79 Å². The molecule has 5 heteroatoms. The average molecular weight is 370 g/mol. The standard InChI is InChI=1S/C22H30N2O3/c1-15(2)14-27-21-12-17(9-10-20(21)26-4)11-18(13-23)22(25)24-19-8-6-5-7-16(19)3/h9-12,15-16,19H,5-8,14H2,1-4H3,(H,24,25)/b18-11+/t16-,19+/m1/s1. The molecule has 0 heterocycles. The lowest BCUT2D eigenvalue weighted by atomic mass is 9.86. The molecule has 1 amide bonds. The number of methoxy groups -OCH3 is 1. The second-order valence-corrected chi connectivity index (χ2v) is 7.63. The fraction of sp³-hybridized carbons (Fsp3) is 0.545. The maximum absolute atomic E-state index is 12.6. The van der Waals surface area contributed by atoms with Gasteiger partial charge in [-0.2, -0.15) is 5.26 Å². The van der Waals surface area contributed by atoms with Crippen molar-refractivity contribution < 1.29 is 14.3 Å². The van der Waals surface area contributed by atoms with Crippen LogP contribution in [0.1, 0.15) is 52.0 Å². The van der Waals surface area contributed by atoms with Gasteiger partial charge in [0.1, 0.15) is 11.6 Å². The number of nitriles is 1. The van der Waals surface area contributed by atoms with Crippen LogP contribution in [-0.4, -0.2) is 25.7 Å². The molecule has 5 nitrogen and oxygen atoms in total. The monoisotopic (exact) mass is 370 g/mol. The van der Waals surface area contributed by atoms with E-state index in [1.165, 1.54) is 6.42 Å². The van der Waals surface area contributed by atoms with E-state index in [-0.39, 0.29) is 17.5 Å². The van der Waals surface area contributed by atoms with Crippen LogP contribution in [-0.2, 0) is 4.79 Å². The summed E-state index contributed by atoms with van der Waals surface area (Å²) in [5.41, 5.74) is 0.839. The van der Waals surface area contributed by atoms with Crippen LogP contribution in [0.2, 0.25) is 0 Å². The molecule has 0 radical (unpaired) electrons. The third kappa shape index (κ3) is 6.02. The van der Waals surface area contributed by atoms with E-state index in [0.29, 0.717) is 29.9 Å². The number of hydrogen-bond donors (Lipinski definition) is 1. The Labute approximate surface area is 162 Å². The zero-order valence-corrected chi connectivity index (χ0v) is 16.7. The molecule has 0 spiro atoms. The first-order valence-electron chi connectivity index (χ1n) is 9.68. The van der Waals surface area contributed by atoms with Crippen LogP contribution in [0, 0.1) is 23.2 Å². The maximum Gasteiger partial charge on any atom is 0.262 e. The van der Waals surface area contributed by atoms with Crippen LogP contribution in [0.3, 0.4) is 0 Å². The van der Waals surface area contributed by atoms with Gasteiger partial charge in [0, 0.05) is 6.04 Å². The number of hydrogen-bond acceptors (Lipinski definition) is 4. The quantitative estimate of drug-likeness (QED) is 0.573. The minimum Gasteiger partial charge on any atom is -0.493 e. The van der Waals surface area contributed by atoms with Crippen molar-refractivity contribution in [1.29, 1.82) is 5.26 Å². The Morgan fingerprint density at radius 3 is 2.70 bits per heavy atom. The van der Waals surface area contributed by atoms with E-state index in [9.17, 15) is 10.1 Å². The van der Waals surface area contributed by atoms with E-state index in [2.05, 4.69) is 26.1 Å². The van der Waals surface area contributed by atoms with Crippen molar-refractivity contribution in [1.82, 2.24) is 5.32 Å². The van der Waals surface area contributed by atoms with Gasteiger partial charge in [-0.15, -0.1) is 0 Å². The normalized spacial score (nSPS) is 20.1. The molecule has 2 atom stereocenters. The Kier molecular flexibility index (Phi) is 7.72. The molecule has 0 unspecified atom stereocenters. The van der Waals surface area contributed by atoms with Gasteiger partial charge in [-0.1, -0.05) is 39.7 Å². The number of nitrogens with zero attached hydrogens (tertiary/aromatic N) is 1. The van der Waals surface area contributed by atoms with Crippen LogP contribution in [0.5, 0.6) is 11.5 Å². The third-order valence-electron chi connectivity index (χ3n) is 4.86. The first-order valence-corrected chi connectivity index (χ1v) is 9.68. The molecule has 0 aliphatic heterocycles. The summed E-state index contributed by atoms with van der Waals surface area (Å²) in [6, 6.07) is 7.58. The zero-order valence-electron chi connectivity index (χ0n) is 16.7. The molecule has 2 rings (SSSR count). The SMILES string of the molecule is COc1ccc(/C=C(\C#N)C(=O)N[C@H]2CCCC[C@H]2C)cc1OCC(C)C. The fourth-order valence-electron chi connectivity index (χ4n) is 3.24. The third-order valence-corrected chi connectivity index (χ3v) is 4.86. The molecule has 0 aromatic heterocycles. The molecule has 1 aliphatic rings. The van der Waals surface area contributed by atoms with Crippen LogP contribution >= 0.6 is 0 Å². The number of carbonyl (C=O) groups is 1. The number of amides is 1. The van der Waals surface area contributed by atoms with Crippen molar-refractivity contribution in [2.45, 2.75) is 52.5 Å². The first-order chi connectivity index (χ1) is 12.9. The molecule has 0 saturated heterocycles. The van der Waals surface area contributed by atoms with E-state index in [0.717, 1.165) is 24.8 Å². The van der Waals surface area contributed by atoms with Gasteiger partial charge >= 0.3 is 0 Å². The summed E-state index contributed by atoms with van der Waals surface area (Å²) < 4.78 is 11.1. The van der Waals surface area contributed by atoms with Gasteiger partial charge in [0.05, 0.1) is 13.7 Å². The molecular formula is C22H30N2O3. The van der Waals surface area contributed by atoms with E-state index in [1.807, 2.05) is 12.1 Å². The topological polar surface area (TPSA) is 71.3 Å². The van der Waals surface area contributed by atoms with Crippen molar-refractivity contribution >= 4 is 12.0 Å². The summed E-state index contributed by atoms with van der Waals surface area (Å²) in [5.74, 6) is 1.76. The van der Waals surface area contributed by atoms with Gasteiger partial charge in [0.2, 0.25) is 0 Å². The van der Waals surface area contributed by atoms with Crippen molar-refractivity contribution in [2.24, 2.45) is 11.8 Å². The minimum atomic E-state index is -0.309. The average Bonchev–Trinajstić information content (AvgIpc) is 2.66. The lowest BCUT2D eigenvalue weighted by molar-refractivity contribution is -0.118. The molecule has 1 aromatic carbocycles. The van der Waals surface area contributed by atoms with Crippen molar-refractivity contribution in [3.05, 3.63) is 29.3 Å². The van der Waals surface area contributed by atoms with Crippen molar-refractivity contribution in [2.75, 3.05) is 13.7 Å². The molecule has 1 aromatic rings. The van der Waals surface area contributed by atoms with Crippen molar-refractivity contribution in [3.63, 3.8) is 0 Å². The minimum absolute atomic E-state index is 0.104. The predicted molar refractivity (Wildman–Crippen MR) is 106 cm³/mol. The molecule has 1 N–H and O–H groups in total. The highest BCUT2D eigenvalue weighted by Crippen LogP contribution is 2.29. The summed E-state index contributed by atoms with van der Waals surface area (Å²) in [6.45, 7) is 6.86. The second-order valence-electron chi connectivity index (χ2n) is 7.63. The number of ether oxygens (including phenoxy) is 2. The largest absolute Gasteiger partial charge is 0.493 e. The smallest absolute Gasteiger partial charge is 0.262 e. The van der Waals surface area contributed by atoms with Crippen molar-refractivity contribution in [3.8, 4) is 17.6 Å². The molecule has 27 heavy (non-hydrogen) atoms. The lowest BCUT2D eigenvalue weighted by Gasteiger charge is -2.29. The van der Waals surface area contributed by atoms with Crippen LogP contribution in [0.25, 0.3) is 6.08 Å². The van der Waals surface area contributed by atoms with Gasteiger partial charge < -0.3 is 14.8 Å².